The Morgan fingerprint density at radius 3 is 2.39 bits per heavy atom. The van der Waals surface area contributed by atoms with Gasteiger partial charge in [-0.05, 0) is 85.5 Å². The van der Waals surface area contributed by atoms with Crippen LogP contribution in [-0.4, -0.2) is 38.2 Å². The van der Waals surface area contributed by atoms with Crippen molar-refractivity contribution in [3.8, 4) is 17.2 Å². The van der Waals surface area contributed by atoms with E-state index in [1.54, 1.807) is 30.3 Å². The number of hydrogen-bond acceptors (Lipinski definition) is 6. The second-order valence-corrected chi connectivity index (χ2v) is 9.18. The van der Waals surface area contributed by atoms with Crippen LogP contribution in [0.5, 0.6) is 17.2 Å². The van der Waals surface area contributed by atoms with Crippen LogP contribution in [0.2, 0.25) is 5.02 Å². The van der Waals surface area contributed by atoms with Crippen molar-refractivity contribution in [2.75, 3.05) is 25.2 Å². The fraction of sp³-hybridized carbons (Fsp3) is 0.207. The molecule has 8 nitrogen and oxygen atoms in total. The standard InChI is InChI=1S/C29H27ClN2O6/c1-17-6-5-7-21(12-17)32-28(34)23(27(33)31-29(32)35)14-20-15-24(30)26(25(16-20)36-4)38-11-10-37-22-9-8-18(2)19(3)13-22/h5-9,12-16H,10-11H2,1-4H3,(H,31,33,35). The first-order valence-corrected chi connectivity index (χ1v) is 12.2. The summed E-state index contributed by atoms with van der Waals surface area (Å²) >= 11 is 6.48. The van der Waals surface area contributed by atoms with E-state index >= 15 is 0 Å². The van der Waals surface area contributed by atoms with Crippen molar-refractivity contribution >= 4 is 41.2 Å². The molecule has 0 bridgehead atoms. The van der Waals surface area contributed by atoms with E-state index in [0.29, 0.717) is 22.7 Å². The number of aryl methyl sites for hydroxylation is 3. The molecule has 38 heavy (non-hydrogen) atoms. The van der Waals surface area contributed by atoms with Crippen molar-refractivity contribution in [1.82, 2.24) is 5.32 Å². The number of ether oxygens (including phenoxy) is 3. The Bertz CT molecular complexity index is 1450. The second kappa shape index (κ2) is 11.4. The molecule has 1 heterocycles. The number of hydrogen-bond donors (Lipinski definition) is 1. The zero-order chi connectivity index (χ0) is 27.4. The van der Waals surface area contributed by atoms with Crippen molar-refractivity contribution in [2.24, 2.45) is 0 Å². The molecule has 3 aromatic carbocycles. The van der Waals surface area contributed by atoms with Crippen LogP contribution in [0.3, 0.4) is 0 Å². The minimum absolute atomic E-state index is 0.206. The molecule has 1 saturated heterocycles. The number of carbonyl (C=O) groups is 3. The Kier molecular flexibility index (Phi) is 8.02. The highest BCUT2D eigenvalue weighted by Crippen LogP contribution is 2.37. The number of halogens is 1. The lowest BCUT2D eigenvalue weighted by Gasteiger charge is -2.26. The monoisotopic (exact) mass is 534 g/mol. The van der Waals surface area contributed by atoms with Gasteiger partial charge in [0.1, 0.15) is 24.5 Å². The van der Waals surface area contributed by atoms with Crippen LogP contribution in [0.15, 0.2) is 60.2 Å². The van der Waals surface area contributed by atoms with Crippen molar-refractivity contribution in [1.29, 1.82) is 0 Å². The molecular formula is C29H27ClN2O6. The van der Waals surface area contributed by atoms with Gasteiger partial charge >= 0.3 is 6.03 Å². The first kappa shape index (κ1) is 26.8. The molecule has 0 atom stereocenters. The number of amides is 4. The molecule has 1 aliphatic rings. The maximum absolute atomic E-state index is 13.2. The SMILES string of the molecule is COc1cc(C=C2C(=O)NC(=O)N(c3cccc(C)c3)C2=O)cc(Cl)c1OCCOc1ccc(C)c(C)c1. The number of methoxy groups -OCH3 is 1. The maximum atomic E-state index is 13.2. The molecule has 0 aliphatic carbocycles. The third-order valence-electron chi connectivity index (χ3n) is 6.00. The summed E-state index contributed by atoms with van der Waals surface area (Å²) in [7, 11) is 1.46. The van der Waals surface area contributed by atoms with E-state index in [1.165, 1.54) is 18.7 Å². The first-order valence-electron chi connectivity index (χ1n) is 11.9. The van der Waals surface area contributed by atoms with E-state index in [-0.39, 0.29) is 23.8 Å². The van der Waals surface area contributed by atoms with Gasteiger partial charge in [0.25, 0.3) is 11.8 Å². The van der Waals surface area contributed by atoms with Gasteiger partial charge in [0.2, 0.25) is 0 Å². The average molecular weight is 535 g/mol. The Labute approximate surface area is 225 Å². The molecule has 4 amide bonds. The van der Waals surface area contributed by atoms with Crippen LogP contribution >= 0.6 is 11.6 Å². The molecule has 0 unspecified atom stereocenters. The summed E-state index contributed by atoms with van der Waals surface area (Å²) < 4.78 is 17.0. The number of barbiturate groups is 1. The zero-order valence-electron chi connectivity index (χ0n) is 21.5. The summed E-state index contributed by atoms with van der Waals surface area (Å²) in [5.74, 6) is -0.196. The van der Waals surface area contributed by atoms with E-state index in [1.807, 2.05) is 45.0 Å². The molecule has 1 fully saturated rings. The quantitative estimate of drug-likeness (QED) is 0.236. The first-order chi connectivity index (χ1) is 18.2. The van der Waals surface area contributed by atoms with Gasteiger partial charge < -0.3 is 14.2 Å². The minimum atomic E-state index is -0.815. The lowest BCUT2D eigenvalue weighted by atomic mass is 10.1. The van der Waals surface area contributed by atoms with Gasteiger partial charge in [-0.25, -0.2) is 9.69 Å². The molecule has 0 spiro atoms. The number of rotatable bonds is 8. The molecule has 0 saturated carbocycles. The topological polar surface area (TPSA) is 94.2 Å². The Hall–Kier alpha value is -4.30. The van der Waals surface area contributed by atoms with E-state index in [9.17, 15) is 14.4 Å². The van der Waals surface area contributed by atoms with Crippen molar-refractivity contribution in [2.45, 2.75) is 20.8 Å². The van der Waals surface area contributed by atoms with Gasteiger partial charge in [-0.1, -0.05) is 29.8 Å². The minimum Gasteiger partial charge on any atom is -0.493 e. The van der Waals surface area contributed by atoms with Gasteiger partial charge in [0.15, 0.2) is 11.5 Å². The number of nitrogens with zero attached hydrogens (tertiary/aromatic N) is 1. The Morgan fingerprint density at radius 2 is 1.68 bits per heavy atom. The summed E-state index contributed by atoms with van der Waals surface area (Å²) in [6, 6.07) is 15.0. The number of anilines is 1. The molecule has 4 rings (SSSR count). The number of carbonyl (C=O) groups excluding carboxylic acids is 3. The van der Waals surface area contributed by atoms with Crippen molar-refractivity contribution < 1.29 is 28.6 Å². The highest BCUT2D eigenvalue weighted by atomic mass is 35.5. The number of imide groups is 2. The third kappa shape index (κ3) is 5.81. The van der Waals surface area contributed by atoms with Crippen molar-refractivity contribution in [3.05, 3.63) is 87.4 Å². The average Bonchev–Trinajstić information content (AvgIpc) is 2.87. The Balaban J connectivity index is 1.52. The van der Waals surface area contributed by atoms with Crippen LogP contribution in [0, 0.1) is 20.8 Å². The summed E-state index contributed by atoms with van der Waals surface area (Å²) in [6.07, 6.45) is 1.36. The smallest absolute Gasteiger partial charge is 0.335 e. The Morgan fingerprint density at radius 1 is 0.921 bits per heavy atom. The summed E-state index contributed by atoms with van der Waals surface area (Å²) in [6.45, 7) is 6.38. The fourth-order valence-corrected chi connectivity index (χ4v) is 4.17. The molecule has 0 aromatic heterocycles. The summed E-state index contributed by atoms with van der Waals surface area (Å²) in [4.78, 5) is 39.1. The third-order valence-corrected chi connectivity index (χ3v) is 6.28. The predicted octanol–water partition coefficient (Wildman–Crippen LogP) is 5.40. The molecule has 1 N–H and O–H groups in total. The van der Waals surface area contributed by atoms with Crippen LogP contribution in [0.1, 0.15) is 22.3 Å². The fourth-order valence-electron chi connectivity index (χ4n) is 3.90. The van der Waals surface area contributed by atoms with Crippen LogP contribution in [0.25, 0.3) is 6.08 Å². The number of nitrogens with one attached hydrogen (secondary N) is 1. The van der Waals surface area contributed by atoms with Gasteiger partial charge in [-0.3, -0.25) is 14.9 Å². The van der Waals surface area contributed by atoms with Crippen LogP contribution < -0.4 is 24.4 Å². The largest absolute Gasteiger partial charge is 0.493 e. The molecule has 9 heteroatoms. The van der Waals surface area contributed by atoms with Gasteiger partial charge in [-0.15, -0.1) is 0 Å². The highest BCUT2D eigenvalue weighted by Gasteiger charge is 2.37. The van der Waals surface area contributed by atoms with Gasteiger partial charge in [-0.2, -0.15) is 0 Å². The summed E-state index contributed by atoms with van der Waals surface area (Å²) in [5.41, 5.74) is 3.73. The van der Waals surface area contributed by atoms with Gasteiger partial charge in [0.05, 0.1) is 17.8 Å². The van der Waals surface area contributed by atoms with E-state index in [4.69, 9.17) is 25.8 Å². The zero-order valence-corrected chi connectivity index (χ0v) is 22.2. The number of benzene rings is 3. The maximum Gasteiger partial charge on any atom is 0.335 e. The van der Waals surface area contributed by atoms with Crippen LogP contribution in [0.4, 0.5) is 10.5 Å². The lowest BCUT2D eigenvalue weighted by Crippen LogP contribution is -2.54. The molecule has 3 aromatic rings. The van der Waals surface area contributed by atoms with Crippen LogP contribution in [-0.2, 0) is 9.59 Å². The second-order valence-electron chi connectivity index (χ2n) is 8.77. The lowest BCUT2D eigenvalue weighted by molar-refractivity contribution is -0.122. The van der Waals surface area contributed by atoms with Gasteiger partial charge in [0, 0.05) is 0 Å². The van der Waals surface area contributed by atoms with E-state index < -0.39 is 17.8 Å². The van der Waals surface area contributed by atoms with Crippen molar-refractivity contribution in [3.63, 3.8) is 0 Å². The number of urea groups is 1. The highest BCUT2D eigenvalue weighted by molar-refractivity contribution is 6.39. The predicted molar refractivity (Wildman–Crippen MR) is 145 cm³/mol. The van der Waals surface area contributed by atoms with E-state index in [0.717, 1.165) is 21.8 Å². The summed E-state index contributed by atoms with van der Waals surface area (Å²) in [5, 5.41) is 2.43. The normalized spacial score (nSPS) is 14.5. The molecule has 1 aliphatic heterocycles. The van der Waals surface area contributed by atoms with E-state index in [2.05, 4.69) is 5.32 Å². The molecule has 196 valence electrons. The molecule has 0 radical (unpaired) electrons. The molecular weight excluding hydrogens is 508 g/mol.